The molecule has 1 atom stereocenters. The molecule has 2 aromatic heterocycles. The zero-order chi connectivity index (χ0) is 25.3. The van der Waals surface area contributed by atoms with Gasteiger partial charge in [0.05, 0.1) is 30.4 Å². The van der Waals surface area contributed by atoms with Crippen LogP contribution in [0.2, 0.25) is 0 Å². The Hall–Kier alpha value is -3.20. The molecule has 1 N–H and O–H groups in total. The number of hydrogen-bond donors (Lipinski definition) is 1. The molecule has 3 heterocycles. The number of nitrogens with one attached hydrogen (secondary N) is 1. The number of ether oxygens (including phenoxy) is 1. The van der Waals surface area contributed by atoms with Gasteiger partial charge in [-0.25, -0.2) is 27.9 Å². The number of pyridine rings is 1. The lowest BCUT2D eigenvalue weighted by Gasteiger charge is -2.31. The number of aryl methyl sites for hydroxylation is 1. The quantitative estimate of drug-likeness (QED) is 0.502. The van der Waals surface area contributed by atoms with E-state index in [4.69, 9.17) is 4.74 Å². The average molecular weight is 507 g/mol. The largest absolute Gasteiger partial charge is 0.453 e. The molecule has 0 unspecified atom stereocenters. The van der Waals surface area contributed by atoms with E-state index in [1.807, 2.05) is 0 Å². The Morgan fingerprint density at radius 3 is 2.54 bits per heavy atom. The van der Waals surface area contributed by atoms with E-state index in [0.29, 0.717) is 28.0 Å². The number of fused-ring (bicyclic) bond motifs is 1. The number of hydrogen-bond acceptors (Lipinski definition) is 7. The van der Waals surface area contributed by atoms with E-state index in [-0.39, 0.29) is 31.0 Å². The molecule has 12 heteroatoms. The Balaban J connectivity index is 1.67. The summed E-state index contributed by atoms with van der Waals surface area (Å²) in [4.78, 5) is 26.5. The molecule has 1 saturated heterocycles. The smallest absolute Gasteiger partial charge is 0.409 e. The van der Waals surface area contributed by atoms with Gasteiger partial charge in [-0.1, -0.05) is 18.2 Å². The minimum absolute atomic E-state index is 0.0736. The molecule has 0 spiro atoms. The highest BCUT2D eigenvalue weighted by molar-refractivity contribution is 7.71. The van der Waals surface area contributed by atoms with Crippen LogP contribution in [0.25, 0.3) is 10.9 Å². The normalized spacial score (nSPS) is 16.4. The number of anilines is 1. The molecule has 1 aliphatic rings. The van der Waals surface area contributed by atoms with Crippen LogP contribution in [0.15, 0.2) is 30.5 Å². The van der Waals surface area contributed by atoms with Crippen LogP contribution in [0.1, 0.15) is 36.3 Å². The second-order valence-electron chi connectivity index (χ2n) is 8.39. The summed E-state index contributed by atoms with van der Waals surface area (Å²) >= 11 is 0. The lowest BCUT2D eigenvalue weighted by molar-refractivity contribution is 0.127. The van der Waals surface area contributed by atoms with Crippen molar-refractivity contribution in [1.82, 2.24) is 19.9 Å². The molecule has 0 radical (unpaired) electrons. The SMILES string of the molecule is COC(=O)N1CCP(=O)(c2cc3c(N[C@H](C)c4cccc(C(F)F)c4F)nc(C)nc3cn2)CC1. The van der Waals surface area contributed by atoms with Crippen LogP contribution in [0.3, 0.4) is 0 Å². The van der Waals surface area contributed by atoms with Crippen LogP contribution in [0.4, 0.5) is 23.8 Å². The fourth-order valence-corrected chi connectivity index (χ4v) is 6.60. The molecule has 1 aliphatic heterocycles. The molecule has 0 aliphatic carbocycles. The van der Waals surface area contributed by atoms with E-state index in [2.05, 4.69) is 20.3 Å². The van der Waals surface area contributed by atoms with Crippen LogP contribution in [-0.2, 0) is 9.30 Å². The van der Waals surface area contributed by atoms with Crippen molar-refractivity contribution in [3.8, 4) is 0 Å². The molecule has 35 heavy (non-hydrogen) atoms. The Bertz CT molecular complexity index is 1310. The number of amides is 1. The standard InChI is InChI=1S/C23H25F3N5O3P/c1-13(15-5-4-6-16(20(15)24)21(25)26)28-22-17-11-19(27-12-18(17)29-14(2)30-22)35(33)9-7-31(8-10-35)23(32)34-3/h4-6,11-13,21H,7-10H2,1-3H3,(H,28,29,30)/t13-/m1/s1. The van der Waals surface area contributed by atoms with Gasteiger partial charge in [0.2, 0.25) is 0 Å². The van der Waals surface area contributed by atoms with Gasteiger partial charge in [-0.15, -0.1) is 0 Å². The van der Waals surface area contributed by atoms with Crippen molar-refractivity contribution >= 4 is 35.4 Å². The summed E-state index contributed by atoms with van der Waals surface area (Å²) in [7, 11) is -1.59. The highest BCUT2D eigenvalue weighted by atomic mass is 31.2. The van der Waals surface area contributed by atoms with Gasteiger partial charge in [-0.2, -0.15) is 0 Å². The van der Waals surface area contributed by atoms with Gasteiger partial charge in [0.25, 0.3) is 6.43 Å². The number of nitrogens with zero attached hydrogens (tertiary/aromatic N) is 4. The summed E-state index contributed by atoms with van der Waals surface area (Å²) in [5.41, 5.74) is 0.299. The van der Waals surface area contributed by atoms with E-state index in [1.54, 1.807) is 19.9 Å². The zero-order valence-electron chi connectivity index (χ0n) is 19.5. The Morgan fingerprint density at radius 2 is 1.89 bits per heavy atom. The van der Waals surface area contributed by atoms with Crippen LogP contribution in [0, 0.1) is 12.7 Å². The molecule has 1 fully saturated rings. The van der Waals surface area contributed by atoms with Crippen molar-refractivity contribution < 1.29 is 27.3 Å². The van der Waals surface area contributed by atoms with Gasteiger partial charge < -0.3 is 19.5 Å². The van der Waals surface area contributed by atoms with Crippen molar-refractivity contribution in [2.24, 2.45) is 0 Å². The molecule has 1 amide bonds. The van der Waals surface area contributed by atoms with E-state index in [1.165, 1.54) is 30.3 Å². The summed E-state index contributed by atoms with van der Waals surface area (Å²) in [6.45, 7) is 3.90. The maximum absolute atomic E-state index is 14.7. The Kier molecular flexibility index (Phi) is 6.98. The van der Waals surface area contributed by atoms with Crippen molar-refractivity contribution in [1.29, 1.82) is 0 Å². The highest BCUT2D eigenvalue weighted by Gasteiger charge is 2.34. The minimum Gasteiger partial charge on any atom is -0.453 e. The van der Waals surface area contributed by atoms with Crippen molar-refractivity contribution in [2.45, 2.75) is 26.3 Å². The third-order valence-electron chi connectivity index (χ3n) is 6.11. The third kappa shape index (κ3) is 4.96. The van der Waals surface area contributed by atoms with Gasteiger partial charge in [0, 0.05) is 36.4 Å². The van der Waals surface area contributed by atoms with Crippen molar-refractivity contribution in [3.63, 3.8) is 0 Å². The number of carbonyl (C=O) groups excluding carboxylic acids is 1. The summed E-state index contributed by atoms with van der Waals surface area (Å²) in [5, 5.41) is 3.63. The lowest BCUT2D eigenvalue weighted by Crippen LogP contribution is -2.41. The molecule has 4 rings (SSSR count). The van der Waals surface area contributed by atoms with Gasteiger partial charge >= 0.3 is 6.09 Å². The number of halogens is 3. The minimum atomic E-state index is -2.93. The van der Waals surface area contributed by atoms with E-state index in [0.717, 1.165) is 6.07 Å². The summed E-state index contributed by atoms with van der Waals surface area (Å²) in [6, 6.07) is 4.85. The number of rotatable bonds is 5. The second-order valence-corrected chi connectivity index (χ2v) is 11.5. The van der Waals surface area contributed by atoms with Crippen molar-refractivity contribution in [3.05, 3.63) is 53.2 Å². The van der Waals surface area contributed by atoms with Gasteiger partial charge in [0.15, 0.2) is 0 Å². The van der Waals surface area contributed by atoms with Gasteiger partial charge in [-0.05, 0) is 19.9 Å². The molecule has 0 saturated carbocycles. The average Bonchev–Trinajstić information content (AvgIpc) is 2.83. The number of alkyl halides is 2. The maximum atomic E-state index is 14.7. The molecule has 186 valence electrons. The van der Waals surface area contributed by atoms with Crippen LogP contribution in [0.5, 0.6) is 0 Å². The number of carbonyl (C=O) groups is 1. The molecule has 1 aromatic carbocycles. The summed E-state index contributed by atoms with van der Waals surface area (Å²) < 4.78 is 59.4. The molecule has 3 aromatic rings. The maximum Gasteiger partial charge on any atom is 0.409 e. The predicted molar refractivity (Wildman–Crippen MR) is 126 cm³/mol. The second kappa shape index (κ2) is 9.81. The zero-order valence-corrected chi connectivity index (χ0v) is 20.4. The molecular formula is C23H25F3N5O3P. The van der Waals surface area contributed by atoms with E-state index >= 15 is 0 Å². The molecule has 8 nitrogen and oxygen atoms in total. The first-order valence-corrected chi connectivity index (χ1v) is 13.1. The fourth-order valence-electron chi connectivity index (χ4n) is 4.15. The monoisotopic (exact) mass is 507 g/mol. The topological polar surface area (TPSA) is 97.3 Å². The highest BCUT2D eigenvalue weighted by Crippen LogP contribution is 2.46. The van der Waals surface area contributed by atoms with Crippen molar-refractivity contribution in [2.75, 3.05) is 37.8 Å². The van der Waals surface area contributed by atoms with Crippen LogP contribution < -0.4 is 10.8 Å². The summed E-state index contributed by atoms with van der Waals surface area (Å²) in [5.74, 6) is -0.186. The number of aromatic nitrogens is 3. The number of methoxy groups -OCH3 is 1. The number of benzene rings is 1. The van der Waals surface area contributed by atoms with Crippen LogP contribution >= 0.6 is 7.14 Å². The predicted octanol–water partition coefficient (Wildman–Crippen LogP) is 4.65. The first-order chi connectivity index (χ1) is 16.6. The van der Waals surface area contributed by atoms with E-state index < -0.39 is 37.1 Å². The molecule has 0 bridgehead atoms. The van der Waals surface area contributed by atoms with Gasteiger partial charge in [0.1, 0.15) is 30.0 Å². The first-order valence-electron chi connectivity index (χ1n) is 11.0. The Morgan fingerprint density at radius 1 is 1.20 bits per heavy atom. The third-order valence-corrected chi connectivity index (χ3v) is 9.03. The first kappa shape index (κ1) is 24.9. The lowest BCUT2D eigenvalue weighted by atomic mass is 10.0. The van der Waals surface area contributed by atoms with E-state index in [9.17, 15) is 22.5 Å². The fraction of sp³-hybridized carbons (Fsp3) is 0.391. The van der Waals surface area contributed by atoms with Crippen LogP contribution in [-0.4, -0.2) is 58.5 Å². The Labute approximate surface area is 200 Å². The van der Waals surface area contributed by atoms with Gasteiger partial charge in [-0.3, -0.25) is 4.98 Å². The molecular weight excluding hydrogens is 482 g/mol. The summed E-state index contributed by atoms with van der Waals surface area (Å²) in [6.07, 6.45) is -1.36.